The van der Waals surface area contributed by atoms with Crippen LogP contribution in [0.4, 0.5) is 0 Å². The molecular weight excluding hydrogens is 296 g/mol. The standard InChI is InChI=1S/C13H20N2O5S/c1-10-7-11(9-12(8-10)21(14,17)18)13(16)15-3-4-20-6-5-19-2/h7-9H,3-6H2,1-2H3,(H,15,16)(H2,14,17,18). The Labute approximate surface area is 124 Å². The predicted molar refractivity (Wildman–Crippen MR) is 77.6 cm³/mol. The van der Waals surface area contributed by atoms with Crippen molar-refractivity contribution >= 4 is 15.9 Å². The fourth-order valence-electron chi connectivity index (χ4n) is 1.63. The van der Waals surface area contributed by atoms with Crippen molar-refractivity contribution in [1.29, 1.82) is 0 Å². The van der Waals surface area contributed by atoms with Gasteiger partial charge < -0.3 is 14.8 Å². The molecule has 0 fully saturated rings. The van der Waals surface area contributed by atoms with E-state index in [1.54, 1.807) is 20.1 Å². The van der Waals surface area contributed by atoms with Crippen LogP contribution in [0, 0.1) is 6.92 Å². The van der Waals surface area contributed by atoms with Gasteiger partial charge in [0.1, 0.15) is 0 Å². The van der Waals surface area contributed by atoms with Crippen molar-refractivity contribution < 1.29 is 22.7 Å². The van der Waals surface area contributed by atoms with Gasteiger partial charge in [-0.15, -0.1) is 0 Å². The minimum Gasteiger partial charge on any atom is -0.382 e. The monoisotopic (exact) mass is 316 g/mol. The number of hydrogen-bond acceptors (Lipinski definition) is 5. The minimum absolute atomic E-state index is 0.0796. The van der Waals surface area contributed by atoms with Gasteiger partial charge in [-0.05, 0) is 30.7 Å². The maximum atomic E-state index is 11.9. The van der Waals surface area contributed by atoms with Crippen molar-refractivity contribution in [2.45, 2.75) is 11.8 Å². The van der Waals surface area contributed by atoms with Crippen molar-refractivity contribution in [3.05, 3.63) is 29.3 Å². The Morgan fingerprint density at radius 1 is 1.24 bits per heavy atom. The highest BCUT2D eigenvalue weighted by Crippen LogP contribution is 2.13. The molecule has 0 saturated carbocycles. The van der Waals surface area contributed by atoms with Gasteiger partial charge in [0.15, 0.2) is 0 Å². The Morgan fingerprint density at radius 3 is 2.57 bits per heavy atom. The lowest BCUT2D eigenvalue weighted by atomic mass is 10.1. The van der Waals surface area contributed by atoms with E-state index in [4.69, 9.17) is 14.6 Å². The number of carbonyl (C=O) groups excluding carboxylic acids is 1. The second kappa shape index (κ2) is 8.08. The normalized spacial score (nSPS) is 11.4. The molecule has 0 radical (unpaired) electrons. The third-order valence-electron chi connectivity index (χ3n) is 2.61. The molecule has 21 heavy (non-hydrogen) atoms. The zero-order valence-electron chi connectivity index (χ0n) is 12.1. The average Bonchev–Trinajstić information content (AvgIpc) is 2.40. The molecule has 0 aromatic heterocycles. The molecule has 3 N–H and O–H groups in total. The van der Waals surface area contributed by atoms with Crippen LogP contribution < -0.4 is 10.5 Å². The molecule has 7 nitrogen and oxygen atoms in total. The number of primary sulfonamides is 1. The summed E-state index contributed by atoms with van der Waals surface area (Å²) >= 11 is 0. The first kappa shape index (κ1) is 17.6. The first-order chi connectivity index (χ1) is 9.84. The van der Waals surface area contributed by atoms with Gasteiger partial charge in [0.05, 0.1) is 24.7 Å². The van der Waals surface area contributed by atoms with E-state index in [1.165, 1.54) is 12.1 Å². The summed E-state index contributed by atoms with van der Waals surface area (Å²) in [5.74, 6) is -0.376. The van der Waals surface area contributed by atoms with Gasteiger partial charge in [-0.3, -0.25) is 4.79 Å². The highest BCUT2D eigenvalue weighted by atomic mass is 32.2. The quantitative estimate of drug-likeness (QED) is 0.658. The summed E-state index contributed by atoms with van der Waals surface area (Å²) in [6.07, 6.45) is 0. The lowest BCUT2D eigenvalue weighted by Crippen LogP contribution is -2.28. The van der Waals surface area contributed by atoms with Crippen LogP contribution in [0.25, 0.3) is 0 Å². The molecule has 1 aromatic rings. The summed E-state index contributed by atoms with van der Waals surface area (Å²) in [7, 11) is -2.26. The Hall–Kier alpha value is -1.48. The molecule has 1 aromatic carbocycles. The van der Waals surface area contributed by atoms with Crippen LogP contribution in [0.3, 0.4) is 0 Å². The molecule has 0 spiro atoms. The lowest BCUT2D eigenvalue weighted by molar-refractivity contribution is 0.0692. The topological polar surface area (TPSA) is 108 Å². The van der Waals surface area contributed by atoms with Crippen LogP contribution >= 0.6 is 0 Å². The summed E-state index contributed by atoms with van der Waals surface area (Å²) in [6.45, 7) is 3.30. The zero-order chi connectivity index (χ0) is 15.9. The van der Waals surface area contributed by atoms with Gasteiger partial charge in [0, 0.05) is 19.2 Å². The lowest BCUT2D eigenvalue weighted by Gasteiger charge is -2.08. The zero-order valence-corrected chi connectivity index (χ0v) is 12.9. The molecule has 118 valence electrons. The third-order valence-corrected chi connectivity index (χ3v) is 3.50. The number of methoxy groups -OCH3 is 1. The number of hydrogen-bond donors (Lipinski definition) is 2. The first-order valence-corrected chi connectivity index (χ1v) is 7.88. The van der Waals surface area contributed by atoms with Crippen LogP contribution in [-0.2, 0) is 19.5 Å². The maximum Gasteiger partial charge on any atom is 0.251 e. The van der Waals surface area contributed by atoms with Crippen molar-refractivity contribution in [2.24, 2.45) is 5.14 Å². The Balaban J connectivity index is 2.60. The van der Waals surface area contributed by atoms with Gasteiger partial charge in [-0.2, -0.15) is 0 Å². The van der Waals surface area contributed by atoms with Gasteiger partial charge in [0.25, 0.3) is 5.91 Å². The van der Waals surface area contributed by atoms with E-state index in [2.05, 4.69) is 5.32 Å². The molecule has 0 aliphatic rings. The van der Waals surface area contributed by atoms with Crippen molar-refractivity contribution in [3.8, 4) is 0 Å². The minimum atomic E-state index is -3.84. The van der Waals surface area contributed by atoms with E-state index < -0.39 is 10.0 Å². The number of rotatable bonds is 8. The highest BCUT2D eigenvalue weighted by Gasteiger charge is 2.13. The number of ether oxygens (including phenoxy) is 2. The summed E-state index contributed by atoms with van der Waals surface area (Å²) in [6, 6.07) is 4.26. The largest absolute Gasteiger partial charge is 0.382 e. The molecule has 0 bridgehead atoms. The number of benzene rings is 1. The number of sulfonamides is 1. The van der Waals surface area contributed by atoms with Crippen LogP contribution in [-0.4, -0.2) is 47.8 Å². The fraction of sp³-hybridized carbons (Fsp3) is 0.462. The van der Waals surface area contributed by atoms with Gasteiger partial charge in [0.2, 0.25) is 10.0 Å². The van der Waals surface area contributed by atoms with Crippen LogP contribution in [0.2, 0.25) is 0 Å². The fourth-order valence-corrected chi connectivity index (χ4v) is 2.27. The third kappa shape index (κ3) is 6.21. The Morgan fingerprint density at radius 2 is 1.95 bits per heavy atom. The second-order valence-electron chi connectivity index (χ2n) is 4.44. The smallest absolute Gasteiger partial charge is 0.251 e. The second-order valence-corrected chi connectivity index (χ2v) is 6.00. The molecular formula is C13H20N2O5S. The summed E-state index contributed by atoms with van der Waals surface area (Å²) in [5.41, 5.74) is 0.888. The average molecular weight is 316 g/mol. The summed E-state index contributed by atoms with van der Waals surface area (Å²) < 4.78 is 32.7. The first-order valence-electron chi connectivity index (χ1n) is 6.34. The molecule has 0 aliphatic heterocycles. The van der Waals surface area contributed by atoms with E-state index in [0.717, 1.165) is 0 Å². The van der Waals surface area contributed by atoms with E-state index in [-0.39, 0.29) is 16.4 Å². The summed E-state index contributed by atoms with van der Waals surface area (Å²) in [5, 5.41) is 7.71. The van der Waals surface area contributed by atoms with Crippen molar-refractivity contribution in [3.63, 3.8) is 0 Å². The molecule has 1 rings (SSSR count). The van der Waals surface area contributed by atoms with Gasteiger partial charge >= 0.3 is 0 Å². The number of amides is 1. The predicted octanol–water partition coefficient (Wildman–Crippen LogP) is 0.0352. The Bertz CT molecular complexity index is 586. The van der Waals surface area contributed by atoms with Crippen LogP contribution in [0.1, 0.15) is 15.9 Å². The van der Waals surface area contributed by atoms with E-state index >= 15 is 0 Å². The van der Waals surface area contributed by atoms with E-state index in [0.29, 0.717) is 31.9 Å². The molecule has 8 heteroatoms. The van der Waals surface area contributed by atoms with Gasteiger partial charge in [-0.25, -0.2) is 13.6 Å². The van der Waals surface area contributed by atoms with E-state index in [9.17, 15) is 13.2 Å². The van der Waals surface area contributed by atoms with Gasteiger partial charge in [-0.1, -0.05) is 0 Å². The highest BCUT2D eigenvalue weighted by molar-refractivity contribution is 7.89. The molecule has 1 amide bonds. The number of aryl methyl sites for hydroxylation is 1. The SMILES string of the molecule is COCCOCCNC(=O)c1cc(C)cc(S(N)(=O)=O)c1. The van der Waals surface area contributed by atoms with Crippen LogP contribution in [0.5, 0.6) is 0 Å². The number of nitrogens with one attached hydrogen (secondary N) is 1. The molecule has 0 unspecified atom stereocenters. The Kier molecular flexibility index (Phi) is 6.76. The summed E-state index contributed by atoms with van der Waals surface area (Å²) in [4.78, 5) is 11.9. The molecule has 0 heterocycles. The molecule has 0 aliphatic carbocycles. The number of carbonyl (C=O) groups is 1. The molecule has 0 atom stereocenters. The molecule has 0 saturated heterocycles. The number of nitrogens with two attached hydrogens (primary N) is 1. The van der Waals surface area contributed by atoms with E-state index in [1.807, 2.05) is 0 Å². The van der Waals surface area contributed by atoms with Crippen molar-refractivity contribution in [1.82, 2.24) is 5.32 Å². The van der Waals surface area contributed by atoms with Crippen LogP contribution in [0.15, 0.2) is 23.1 Å². The maximum absolute atomic E-state index is 11.9. The van der Waals surface area contributed by atoms with Crippen molar-refractivity contribution in [2.75, 3.05) is 33.5 Å².